The maximum atomic E-state index is 13.4. The highest BCUT2D eigenvalue weighted by Gasteiger charge is 2.34. The monoisotopic (exact) mass is 289 g/mol. The smallest absolute Gasteiger partial charge is 0.384 e. The van der Waals surface area contributed by atoms with Crippen molar-refractivity contribution in [3.63, 3.8) is 0 Å². The maximum absolute atomic E-state index is 13.4. The molecule has 1 unspecified atom stereocenters. The minimum atomic E-state index is -4.78. The Kier molecular flexibility index (Phi) is 3.43. The molecule has 2 rings (SSSR count). The lowest BCUT2D eigenvalue weighted by Gasteiger charge is -2.13. The van der Waals surface area contributed by atoms with E-state index in [1.807, 2.05) is 0 Å². The first-order valence-electron chi connectivity index (χ1n) is 5.54. The molecular formula is C12H11F4N3O. The molecule has 0 aliphatic rings. The molecule has 0 aliphatic heterocycles. The van der Waals surface area contributed by atoms with E-state index < -0.39 is 23.7 Å². The van der Waals surface area contributed by atoms with Gasteiger partial charge in [-0.3, -0.25) is 4.68 Å². The van der Waals surface area contributed by atoms with Crippen molar-refractivity contribution in [2.75, 3.05) is 5.73 Å². The van der Waals surface area contributed by atoms with Gasteiger partial charge in [0.25, 0.3) is 0 Å². The minimum absolute atomic E-state index is 0.0322. The second-order valence-corrected chi connectivity index (χ2v) is 4.25. The van der Waals surface area contributed by atoms with Gasteiger partial charge in [-0.05, 0) is 17.7 Å². The largest absolute Gasteiger partial charge is 0.419 e. The van der Waals surface area contributed by atoms with Crippen LogP contribution in [0.4, 0.5) is 23.4 Å². The van der Waals surface area contributed by atoms with Gasteiger partial charge in [-0.2, -0.15) is 18.3 Å². The summed E-state index contributed by atoms with van der Waals surface area (Å²) in [6.45, 7) is 0. The summed E-state index contributed by atoms with van der Waals surface area (Å²) in [6, 6.07) is 2.23. The van der Waals surface area contributed by atoms with Gasteiger partial charge in [0.1, 0.15) is 17.7 Å². The zero-order valence-electron chi connectivity index (χ0n) is 10.3. The number of anilines is 1. The molecule has 108 valence electrons. The number of aromatic nitrogens is 2. The number of aliphatic hydroxyl groups is 1. The van der Waals surface area contributed by atoms with Crippen molar-refractivity contribution < 1.29 is 22.7 Å². The van der Waals surface area contributed by atoms with E-state index >= 15 is 0 Å². The van der Waals surface area contributed by atoms with Crippen molar-refractivity contribution in [2.45, 2.75) is 12.3 Å². The molecule has 0 saturated carbocycles. The van der Waals surface area contributed by atoms with Gasteiger partial charge in [0.2, 0.25) is 0 Å². The Morgan fingerprint density at radius 2 is 2.00 bits per heavy atom. The Bertz CT molecular complexity index is 636. The van der Waals surface area contributed by atoms with Gasteiger partial charge in [0, 0.05) is 12.6 Å². The summed E-state index contributed by atoms with van der Waals surface area (Å²) >= 11 is 0. The molecule has 20 heavy (non-hydrogen) atoms. The number of alkyl halides is 3. The third kappa shape index (κ3) is 2.46. The minimum Gasteiger partial charge on any atom is -0.384 e. The Balaban J connectivity index is 2.39. The van der Waals surface area contributed by atoms with Crippen molar-refractivity contribution in [3.8, 4) is 0 Å². The molecule has 3 N–H and O–H groups in total. The number of benzene rings is 1. The zero-order valence-corrected chi connectivity index (χ0v) is 10.3. The van der Waals surface area contributed by atoms with E-state index in [2.05, 4.69) is 5.10 Å². The molecule has 4 nitrogen and oxygen atoms in total. The summed E-state index contributed by atoms with van der Waals surface area (Å²) < 4.78 is 52.0. The molecule has 1 atom stereocenters. The van der Waals surface area contributed by atoms with Crippen LogP contribution in [0.25, 0.3) is 0 Å². The standard InChI is InChI=1S/C12H11F4N3O/c1-19-11(17)7(5-18-19)10(20)6-2-3-8(9(13)4-6)12(14,15)16/h2-5,10,20H,17H2,1H3. The maximum Gasteiger partial charge on any atom is 0.419 e. The Morgan fingerprint density at radius 3 is 2.45 bits per heavy atom. The van der Waals surface area contributed by atoms with Crippen LogP contribution in [-0.4, -0.2) is 14.9 Å². The average Bonchev–Trinajstić information content (AvgIpc) is 2.67. The first kappa shape index (κ1) is 14.3. The van der Waals surface area contributed by atoms with Crippen molar-refractivity contribution in [3.05, 3.63) is 46.9 Å². The molecule has 2 aromatic rings. The van der Waals surface area contributed by atoms with Crippen molar-refractivity contribution in [2.24, 2.45) is 7.05 Å². The molecule has 0 aliphatic carbocycles. The van der Waals surface area contributed by atoms with Gasteiger partial charge in [-0.15, -0.1) is 0 Å². The molecule has 0 bridgehead atoms. The fraction of sp³-hybridized carbons (Fsp3) is 0.250. The number of nitrogens with zero attached hydrogens (tertiary/aromatic N) is 2. The molecule has 1 aromatic carbocycles. The molecule has 0 saturated heterocycles. The van der Waals surface area contributed by atoms with Crippen LogP contribution in [0.2, 0.25) is 0 Å². The van der Waals surface area contributed by atoms with Crippen molar-refractivity contribution >= 4 is 5.82 Å². The highest BCUT2D eigenvalue weighted by molar-refractivity contribution is 5.44. The predicted molar refractivity (Wildman–Crippen MR) is 63.1 cm³/mol. The molecule has 0 radical (unpaired) electrons. The number of aryl methyl sites for hydroxylation is 1. The van der Waals surface area contributed by atoms with E-state index in [-0.39, 0.29) is 16.9 Å². The molecule has 8 heteroatoms. The summed E-state index contributed by atoms with van der Waals surface area (Å²) in [4.78, 5) is 0. The SMILES string of the molecule is Cn1ncc(C(O)c2ccc(C(F)(F)F)c(F)c2)c1N. The third-order valence-corrected chi connectivity index (χ3v) is 2.92. The Hall–Kier alpha value is -2.09. The number of halogens is 4. The van der Waals surface area contributed by atoms with Crippen LogP contribution in [0.3, 0.4) is 0 Å². The fourth-order valence-electron chi connectivity index (χ4n) is 1.79. The van der Waals surface area contributed by atoms with Crippen LogP contribution in [0.5, 0.6) is 0 Å². The molecule has 0 fully saturated rings. The first-order chi connectivity index (χ1) is 9.21. The van der Waals surface area contributed by atoms with E-state index in [0.717, 1.165) is 6.07 Å². The molecule has 1 heterocycles. The van der Waals surface area contributed by atoms with Crippen LogP contribution < -0.4 is 5.73 Å². The van der Waals surface area contributed by atoms with Gasteiger partial charge >= 0.3 is 6.18 Å². The number of nitrogen functional groups attached to an aromatic ring is 1. The van der Waals surface area contributed by atoms with Crippen LogP contribution in [0, 0.1) is 5.82 Å². The average molecular weight is 289 g/mol. The van der Waals surface area contributed by atoms with Crippen LogP contribution in [0.1, 0.15) is 22.8 Å². The van der Waals surface area contributed by atoms with Gasteiger partial charge in [-0.1, -0.05) is 6.07 Å². The van der Waals surface area contributed by atoms with Crippen LogP contribution in [-0.2, 0) is 13.2 Å². The van der Waals surface area contributed by atoms with Crippen molar-refractivity contribution in [1.29, 1.82) is 0 Å². The topological polar surface area (TPSA) is 64.1 Å². The first-order valence-corrected chi connectivity index (χ1v) is 5.54. The number of nitrogens with two attached hydrogens (primary N) is 1. The lowest BCUT2D eigenvalue weighted by molar-refractivity contribution is -0.140. The zero-order chi connectivity index (χ0) is 15.1. The number of hydrogen-bond donors (Lipinski definition) is 2. The van der Waals surface area contributed by atoms with Crippen LogP contribution in [0.15, 0.2) is 24.4 Å². The molecule has 0 amide bonds. The highest BCUT2D eigenvalue weighted by atomic mass is 19.4. The predicted octanol–water partition coefficient (Wildman–Crippen LogP) is 2.24. The summed E-state index contributed by atoms with van der Waals surface area (Å²) in [5.41, 5.74) is 4.43. The summed E-state index contributed by atoms with van der Waals surface area (Å²) in [6.07, 6.45) is -4.85. The second-order valence-electron chi connectivity index (χ2n) is 4.25. The summed E-state index contributed by atoms with van der Waals surface area (Å²) in [5, 5.41) is 13.8. The van der Waals surface area contributed by atoms with E-state index in [1.165, 1.54) is 10.9 Å². The van der Waals surface area contributed by atoms with E-state index in [4.69, 9.17) is 5.73 Å². The normalized spacial score (nSPS) is 13.5. The van der Waals surface area contributed by atoms with E-state index in [9.17, 15) is 22.7 Å². The third-order valence-electron chi connectivity index (χ3n) is 2.92. The fourth-order valence-corrected chi connectivity index (χ4v) is 1.79. The van der Waals surface area contributed by atoms with Gasteiger partial charge in [0.05, 0.1) is 11.8 Å². The lowest BCUT2D eigenvalue weighted by Crippen LogP contribution is -2.10. The number of rotatable bonds is 2. The second kappa shape index (κ2) is 4.78. The molecular weight excluding hydrogens is 278 g/mol. The molecule has 0 spiro atoms. The van der Waals surface area contributed by atoms with E-state index in [1.54, 1.807) is 7.05 Å². The number of hydrogen-bond acceptors (Lipinski definition) is 3. The quantitative estimate of drug-likeness (QED) is 0.833. The van der Waals surface area contributed by atoms with E-state index in [0.29, 0.717) is 12.1 Å². The van der Waals surface area contributed by atoms with Gasteiger partial charge < -0.3 is 10.8 Å². The highest BCUT2D eigenvalue weighted by Crippen LogP contribution is 2.34. The Morgan fingerprint density at radius 1 is 1.35 bits per heavy atom. The van der Waals surface area contributed by atoms with Gasteiger partial charge in [-0.25, -0.2) is 4.39 Å². The molecule has 1 aromatic heterocycles. The number of aliphatic hydroxyl groups excluding tert-OH is 1. The lowest BCUT2D eigenvalue weighted by atomic mass is 10.0. The summed E-state index contributed by atoms with van der Waals surface area (Å²) in [5.74, 6) is -1.30. The summed E-state index contributed by atoms with van der Waals surface area (Å²) in [7, 11) is 1.54. The Labute approximate surface area is 111 Å². The van der Waals surface area contributed by atoms with Crippen molar-refractivity contribution in [1.82, 2.24) is 9.78 Å². The van der Waals surface area contributed by atoms with Crippen LogP contribution >= 0.6 is 0 Å². The van der Waals surface area contributed by atoms with Gasteiger partial charge in [0.15, 0.2) is 0 Å².